The lowest BCUT2D eigenvalue weighted by Crippen LogP contribution is -2.15. The van der Waals surface area contributed by atoms with Gasteiger partial charge >= 0.3 is 0 Å². The maximum Gasteiger partial charge on any atom is 0.253 e. The predicted molar refractivity (Wildman–Crippen MR) is 114 cm³/mol. The molecule has 0 unspecified atom stereocenters. The molecule has 4 nitrogen and oxygen atoms in total. The number of hydrogen-bond acceptors (Lipinski definition) is 3. The SMILES string of the molecule is Cc1cc2cc(CNc3ccc(Oc4ccccc4)cc3)c(=O)[nH]c2cc1C. The molecule has 0 aliphatic carbocycles. The van der Waals surface area contributed by atoms with Gasteiger partial charge in [0.25, 0.3) is 5.56 Å². The molecule has 0 saturated carbocycles. The van der Waals surface area contributed by atoms with E-state index in [0.717, 1.165) is 28.1 Å². The average molecular weight is 370 g/mol. The molecule has 4 rings (SSSR count). The van der Waals surface area contributed by atoms with Crippen molar-refractivity contribution in [2.75, 3.05) is 5.32 Å². The molecular formula is C24H22N2O2. The Morgan fingerprint density at radius 3 is 2.29 bits per heavy atom. The standard InChI is InChI=1S/C24H22N2O2/c1-16-12-18-14-19(24(27)26-23(18)13-17(16)2)15-25-20-8-10-22(11-9-20)28-21-6-4-3-5-7-21/h3-14,25H,15H2,1-2H3,(H,26,27). The van der Waals surface area contributed by atoms with Crippen molar-refractivity contribution in [2.45, 2.75) is 20.4 Å². The Bertz CT molecular complexity index is 1160. The minimum Gasteiger partial charge on any atom is -0.457 e. The number of ether oxygens (including phenoxy) is 1. The van der Waals surface area contributed by atoms with Crippen LogP contribution in [0.15, 0.2) is 77.6 Å². The number of nitrogens with one attached hydrogen (secondary N) is 2. The molecule has 0 spiro atoms. The van der Waals surface area contributed by atoms with Crippen LogP contribution in [-0.4, -0.2) is 4.98 Å². The summed E-state index contributed by atoms with van der Waals surface area (Å²) in [5.41, 5.74) is 4.84. The van der Waals surface area contributed by atoms with Crippen LogP contribution in [-0.2, 0) is 6.54 Å². The van der Waals surface area contributed by atoms with E-state index in [1.54, 1.807) is 0 Å². The number of H-pyrrole nitrogens is 1. The van der Waals surface area contributed by atoms with E-state index in [4.69, 9.17) is 4.74 Å². The number of fused-ring (bicyclic) bond motifs is 1. The first-order valence-electron chi connectivity index (χ1n) is 9.28. The minimum absolute atomic E-state index is 0.0627. The summed E-state index contributed by atoms with van der Waals surface area (Å²) in [7, 11) is 0. The van der Waals surface area contributed by atoms with Gasteiger partial charge in [-0.05, 0) is 85.0 Å². The number of para-hydroxylation sites is 1. The monoisotopic (exact) mass is 370 g/mol. The quantitative estimate of drug-likeness (QED) is 0.484. The lowest BCUT2D eigenvalue weighted by Gasteiger charge is -2.10. The molecule has 1 heterocycles. The fourth-order valence-electron chi connectivity index (χ4n) is 3.12. The van der Waals surface area contributed by atoms with E-state index in [-0.39, 0.29) is 5.56 Å². The van der Waals surface area contributed by atoms with Crippen LogP contribution in [0.2, 0.25) is 0 Å². The number of rotatable bonds is 5. The van der Waals surface area contributed by atoms with E-state index in [2.05, 4.69) is 23.3 Å². The van der Waals surface area contributed by atoms with Crippen molar-refractivity contribution in [3.8, 4) is 11.5 Å². The van der Waals surface area contributed by atoms with Crippen molar-refractivity contribution in [3.05, 3.63) is 99.8 Å². The molecule has 28 heavy (non-hydrogen) atoms. The first-order valence-corrected chi connectivity index (χ1v) is 9.28. The van der Waals surface area contributed by atoms with Crippen LogP contribution in [0.5, 0.6) is 11.5 Å². The third-order valence-electron chi connectivity index (χ3n) is 4.85. The van der Waals surface area contributed by atoms with Gasteiger partial charge < -0.3 is 15.0 Å². The summed E-state index contributed by atoms with van der Waals surface area (Å²) < 4.78 is 5.80. The van der Waals surface area contributed by atoms with Crippen LogP contribution in [0.1, 0.15) is 16.7 Å². The van der Waals surface area contributed by atoms with E-state index < -0.39 is 0 Å². The Hall–Kier alpha value is -3.53. The van der Waals surface area contributed by atoms with Crippen LogP contribution in [0.4, 0.5) is 5.69 Å². The largest absolute Gasteiger partial charge is 0.457 e. The van der Waals surface area contributed by atoms with Crippen molar-refractivity contribution >= 4 is 16.6 Å². The van der Waals surface area contributed by atoms with Gasteiger partial charge in [-0.1, -0.05) is 18.2 Å². The molecule has 0 aliphatic heterocycles. The normalized spacial score (nSPS) is 10.8. The zero-order valence-corrected chi connectivity index (χ0v) is 16.0. The van der Waals surface area contributed by atoms with Crippen LogP contribution < -0.4 is 15.6 Å². The molecule has 0 atom stereocenters. The first kappa shape index (κ1) is 17.9. The highest BCUT2D eigenvalue weighted by Gasteiger charge is 2.05. The van der Waals surface area contributed by atoms with Crippen molar-refractivity contribution in [3.63, 3.8) is 0 Å². The molecule has 1 aromatic heterocycles. The Morgan fingerprint density at radius 2 is 1.54 bits per heavy atom. The highest BCUT2D eigenvalue weighted by molar-refractivity contribution is 5.80. The Labute approximate surface area is 163 Å². The molecule has 0 saturated heterocycles. The van der Waals surface area contributed by atoms with Gasteiger partial charge in [-0.15, -0.1) is 0 Å². The number of aromatic amines is 1. The molecule has 0 bridgehead atoms. The fourth-order valence-corrected chi connectivity index (χ4v) is 3.12. The van der Waals surface area contributed by atoms with Gasteiger partial charge in [-0.3, -0.25) is 4.79 Å². The molecule has 0 aliphatic rings. The number of aromatic nitrogens is 1. The van der Waals surface area contributed by atoms with E-state index in [9.17, 15) is 4.79 Å². The van der Waals surface area contributed by atoms with E-state index in [0.29, 0.717) is 12.1 Å². The zero-order valence-electron chi connectivity index (χ0n) is 16.0. The topological polar surface area (TPSA) is 54.1 Å². The maximum atomic E-state index is 12.4. The van der Waals surface area contributed by atoms with E-state index >= 15 is 0 Å². The molecule has 0 radical (unpaired) electrons. The average Bonchev–Trinajstić information content (AvgIpc) is 2.70. The maximum absolute atomic E-state index is 12.4. The van der Waals surface area contributed by atoms with E-state index in [1.807, 2.05) is 73.7 Å². The van der Waals surface area contributed by atoms with Gasteiger partial charge in [-0.25, -0.2) is 0 Å². The van der Waals surface area contributed by atoms with Crippen molar-refractivity contribution in [1.82, 2.24) is 4.98 Å². The fraction of sp³-hybridized carbons (Fsp3) is 0.125. The van der Waals surface area contributed by atoms with Crippen molar-refractivity contribution in [1.29, 1.82) is 0 Å². The number of benzene rings is 3. The van der Waals surface area contributed by atoms with Gasteiger partial charge in [0.2, 0.25) is 0 Å². The second kappa shape index (κ2) is 7.61. The van der Waals surface area contributed by atoms with Gasteiger partial charge in [0, 0.05) is 23.3 Å². The van der Waals surface area contributed by atoms with Crippen LogP contribution in [0.25, 0.3) is 10.9 Å². The summed E-state index contributed by atoms with van der Waals surface area (Å²) in [6, 6.07) is 23.5. The second-order valence-electron chi connectivity index (χ2n) is 6.94. The molecule has 3 aromatic carbocycles. The Morgan fingerprint density at radius 1 is 0.857 bits per heavy atom. The summed E-state index contributed by atoms with van der Waals surface area (Å²) in [6.45, 7) is 4.59. The Kier molecular flexibility index (Phi) is 4.85. The highest BCUT2D eigenvalue weighted by atomic mass is 16.5. The van der Waals surface area contributed by atoms with Gasteiger partial charge in [-0.2, -0.15) is 0 Å². The second-order valence-corrected chi connectivity index (χ2v) is 6.94. The van der Waals surface area contributed by atoms with Gasteiger partial charge in [0.1, 0.15) is 11.5 Å². The summed E-state index contributed by atoms with van der Waals surface area (Å²) in [5, 5.41) is 4.36. The molecule has 2 N–H and O–H groups in total. The number of hydrogen-bond donors (Lipinski definition) is 2. The van der Waals surface area contributed by atoms with Crippen LogP contribution in [0.3, 0.4) is 0 Å². The van der Waals surface area contributed by atoms with Crippen LogP contribution in [0, 0.1) is 13.8 Å². The lowest BCUT2D eigenvalue weighted by molar-refractivity contribution is 0.483. The van der Waals surface area contributed by atoms with Gasteiger partial charge in [0.05, 0.1) is 0 Å². The molecular weight excluding hydrogens is 348 g/mol. The van der Waals surface area contributed by atoms with Gasteiger partial charge in [0.15, 0.2) is 0 Å². The molecule has 4 heteroatoms. The number of pyridine rings is 1. The summed E-state index contributed by atoms with van der Waals surface area (Å²) >= 11 is 0. The molecule has 0 fully saturated rings. The highest BCUT2D eigenvalue weighted by Crippen LogP contribution is 2.23. The third-order valence-corrected chi connectivity index (χ3v) is 4.85. The summed E-state index contributed by atoms with van der Waals surface area (Å²) in [4.78, 5) is 15.4. The zero-order chi connectivity index (χ0) is 19.5. The number of aryl methyl sites for hydroxylation is 2. The smallest absolute Gasteiger partial charge is 0.253 e. The third kappa shape index (κ3) is 3.91. The number of anilines is 1. The van der Waals surface area contributed by atoms with Crippen molar-refractivity contribution < 1.29 is 4.74 Å². The van der Waals surface area contributed by atoms with Crippen LogP contribution >= 0.6 is 0 Å². The van der Waals surface area contributed by atoms with Crippen molar-refractivity contribution in [2.24, 2.45) is 0 Å². The van der Waals surface area contributed by atoms with E-state index in [1.165, 1.54) is 11.1 Å². The predicted octanol–water partition coefficient (Wildman–Crippen LogP) is 5.55. The minimum atomic E-state index is -0.0627. The Balaban J connectivity index is 1.47. The molecule has 0 amide bonds. The summed E-state index contributed by atoms with van der Waals surface area (Å²) in [5.74, 6) is 1.57. The first-order chi connectivity index (χ1) is 13.6. The molecule has 4 aromatic rings. The molecule has 140 valence electrons. The summed E-state index contributed by atoms with van der Waals surface area (Å²) in [6.07, 6.45) is 0. The lowest BCUT2D eigenvalue weighted by atomic mass is 10.0.